The predicted molar refractivity (Wildman–Crippen MR) is 125 cm³/mol. The number of aryl methyl sites for hydroxylation is 2. The summed E-state index contributed by atoms with van der Waals surface area (Å²) in [6.07, 6.45) is 0. The van der Waals surface area contributed by atoms with E-state index >= 15 is 0 Å². The monoisotopic (exact) mass is 450 g/mol. The van der Waals surface area contributed by atoms with Gasteiger partial charge in [0.2, 0.25) is 11.0 Å². The second-order valence-electron chi connectivity index (χ2n) is 6.98. The van der Waals surface area contributed by atoms with Gasteiger partial charge < -0.3 is 4.57 Å². The van der Waals surface area contributed by atoms with Crippen molar-refractivity contribution in [2.45, 2.75) is 32.5 Å². The second-order valence-corrected chi connectivity index (χ2v) is 8.90. The maximum atomic E-state index is 12.5. The maximum Gasteiger partial charge on any atom is 0.236 e. The lowest BCUT2D eigenvalue weighted by molar-refractivity contribution is -0.113. The first-order valence-corrected chi connectivity index (χ1v) is 11.7. The summed E-state index contributed by atoms with van der Waals surface area (Å²) in [5.41, 5.74) is 4.35. The van der Waals surface area contributed by atoms with E-state index < -0.39 is 0 Å². The van der Waals surface area contributed by atoms with Crippen LogP contribution in [0.3, 0.4) is 0 Å². The molecule has 2 aromatic carbocycles. The van der Waals surface area contributed by atoms with E-state index in [1.807, 2.05) is 60.9 Å². The average Bonchev–Trinajstić information content (AvgIpc) is 3.40. The van der Waals surface area contributed by atoms with Crippen LogP contribution in [0.15, 0.2) is 53.7 Å². The summed E-state index contributed by atoms with van der Waals surface area (Å²) < 4.78 is 2.03. The van der Waals surface area contributed by atoms with Crippen LogP contribution >= 0.6 is 23.1 Å². The van der Waals surface area contributed by atoms with E-state index in [4.69, 9.17) is 0 Å². The molecule has 0 aliphatic heterocycles. The number of hydrogen-bond acceptors (Lipinski definition) is 7. The number of amides is 1. The zero-order chi connectivity index (χ0) is 21.8. The number of hydrogen-bond donors (Lipinski definition) is 1. The van der Waals surface area contributed by atoms with Crippen LogP contribution in [0.4, 0.5) is 5.13 Å². The van der Waals surface area contributed by atoms with E-state index in [-0.39, 0.29) is 11.7 Å². The molecule has 0 spiro atoms. The van der Waals surface area contributed by atoms with Crippen molar-refractivity contribution in [3.8, 4) is 22.0 Å². The first kappa shape index (κ1) is 21.2. The molecule has 4 aromatic rings. The van der Waals surface area contributed by atoms with Gasteiger partial charge in [-0.15, -0.1) is 20.4 Å². The third-order valence-electron chi connectivity index (χ3n) is 4.72. The van der Waals surface area contributed by atoms with E-state index in [0.29, 0.717) is 10.3 Å². The third kappa shape index (κ3) is 4.83. The number of anilines is 1. The molecule has 7 nitrogen and oxygen atoms in total. The van der Waals surface area contributed by atoms with Gasteiger partial charge in [-0.1, -0.05) is 77.2 Å². The fraction of sp³-hybridized carbons (Fsp3) is 0.227. The highest BCUT2D eigenvalue weighted by Gasteiger charge is 2.16. The van der Waals surface area contributed by atoms with Crippen molar-refractivity contribution in [1.82, 2.24) is 25.0 Å². The lowest BCUT2D eigenvalue weighted by Gasteiger charge is -2.09. The Hall–Kier alpha value is -3.04. The second kappa shape index (κ2) is 9.40. The van der Waals surface area contributed by atoms with Crippen molar-refractivity contribution in [3.63, 3.8) is 0 Å². The van der Waals surface area contributed by atoms with Gasteiger partial charge in [0.1, 0.15) is 5.01 Å². The minimum Gasteiger partial charge on any atom is -0.302 e. The van der Waals surface area contributed by atoms with Crippen molar-refractivity contribution >= 4 is 34.1 Å². The van der Waals surface area contributed by atoms with Crippen LogP contribution in [0.1, 0.15) is 18.1 Å². The minimum absolute atomic E-state index is 0.153. The lowest BCUT2D eigenvalue weighted by atomic mass is 10.1. The SMILES string of the molecule is CCn1c(SCC(=O)Nc2nnc(-c3ccc(C)cc3)s2)nnc1-c1ccccc1C. The van der Waals surface area contributed by atoms with Gasteiger partial charge in [0.05, 0.1) is 5.75 Å². The van der Waals surface area contributed by atoms with Crippen LogP contribution in [-0.2, 0) is 11.3 Å². The zero-order valence-electron chi connectivity index (χ0n) is 17.5. The molecule has 4 rings (SSSR count). The molecule has 0 bridgehead atoms. The van der Waals surface area contributed by atoms with Gasteiger partial charge in [0.15, 0.2) is 11.0 Å². The molecule has 0 unspecified atom stereocenters. The largest absolute Gasteiger partial charge is 0.302 e. The standard InChI is InChI=1S/C22H22N6OS2/c1-4-28-19(17-8-6-5-7-15(17)3)24-27-22(28)30-13-18(29)23-21-26-25-20(31-21)16-11-9-14(2)10-12-16/h5-12H,4,13H2,1-3H3,(H,23,26,29). The van der Waals surface area contributed by atoms with Crippen molar-refractivity contribution in [2.75, 3.05) is 11.1 Å². The molecule has 31 heavy (non-hydrogen) atoms. The third-order valence-corrected chi connectivity index (χ3v) is 6.58. The van der Waals surface area contributed by atoms with Gasteiger partial charge in [-0.3, -0.25) is 10.1 Å². The summed E-state index contributed by atoms with van der Waals surface area (Å²) in [6.45, 7) is 6.85. The normalized spacial score (nSPS) is 10.9. The fourth-order valence-corrected chi connectivity index (χ4v) is 4.64. The molecule has 1 amide bonds. The smallest absolute Gasteiger partial charge is 0.236 e. The van der Waals surface area contributed by atoms with E-state index in [1.165, 1.54) is 28.7 Å². The maximum absolute atomic E-state index is 12.5. The number of carbonyl (C=O) groups excluding carboxylic acids is 1. The molecule has 2 aromatic heterocycles. The molecular weight excluding hydrogens is 428 g/mol. The van der Waals surface area contributed by atoms with E-state index in [9.17, 15) is 4.79 Å². The molecule has 0 fully saturated rings. The number of aromatic nitrogens is 5. The molecule has 0 aliphatic carbocycles. The highest BCUT2D eigenvalue weighted by atomic mass is 32.2. The number of carbonyl (C=O) groups is 1. The summed E-state index contributed by atoms with van der Waals surface area (Å²) >= 11 is 2.71. The van der Waals surface area contributed by atoms with Crippen molar-refractivity contribution < 1.29 is 4.79 Å². The van der Waals surface area contributed by atoms with Crippen LogP contribution in [0.5, 0.6) is 0 Å². The Labute approximate surface area is 189 Å². The lowest BCUT2D eigenvalue weighted by Crippen LogP contribution is -2.14. The van der Waals surface area contributed by atoms with Crippen molar-refractivity contribution in [2.24, 2.45) is 0 Å². The summed E-state index contributed by atoms with van der Waals surface area (Å²) in [5.74, 6) is 0.876. The van der Waals surface area contributed by atoms with Crippen LogP contribution < -0.4 is 5.32 Å². The van der Waals surface area contributed by atoms with Crippen LogP contribution in [-0.4, -0.2) is 36.6 Å². The van der Waals surface area contributed by atoms with Gasteiger partial charge in [0.25, 0.3) is 0 Å². The number of nitrogens with zero attached hydrogens (tertiary/aromatic N) is 5. The van der Waals surface area contributed by atoms with E-state index in [1.54, 1.807) is 0 Å². The van der Waals surface area contributed by atoms with E-state index in [0.717, 1.165) is 34.1 Å². The highest BCUT2D eigenvalue weighted by molar-refractivity contribution is 7.99. The van der Waals surface area contributed by atoms with Gasteiger partial charge in [0, 0.05) is 17.7 Å². The number of benzene rings is 2. The zero-order valence-corrected chi connectivity index (χ0v) is 19.1. The molecule has 0 saturated heterocycles. The Morgan fingerprint density at radius 2 is 1.81 bits per heavy atom. The highest BCUT2D eigenvalue weighted by Crippen LogP contribution is 2.28. The van der Waals surface area contributed by atoms with Crippen LogP contribution in [0.25, 0.3) is 22.0 Å². The molecule has 158 valence electrons. The first-order valence-electron chi connectivity index (χ1n) is 9.87. The molecule has 0 saturated carbocycles. The fourth-order valence-electron chi connectivity index (χ4n) is 3.08. The summed E-state index contributed by atoms with van der Waals surface area (Å²) in [4.78, 5) is 12.5. The molecule has 1 N–H and O–H groups in total. The number of rotatable bonds is 7. The predicted octanol–water partition coefficient (Wildman–Crippen LogP) is 4.83. The minimum atomic E-state index is -0.153. The molecule has 0 radical (unpaired) electrons. The summed E-state index contributed by atoms with van der Waals surface area (Å²) in [5, 5.41) is 21.7. The first-order chi connectivity index (χ1) is 15.0. The Balaban J connectivity index is 1.41. The molecule has 0 atom stereocenters. The van der Waals surface area contributed by atoms with Gasteiger partial charge in [-0.05, 0) is 26.3 Å². The number of thioether (sulfide) groups is 1. The topological polar surface area (TPSA) is 85.6 Å². The average molecular weight is 451 g/mol. The molecule has 0 aliphatic rings. The Kier molecular flexibility index (Phi) is 6.43. The summed E-state index contributed by atoms with van der Waals surface area (Å²) in [6, 6.07) is 16.1. The quantitative estimate of drug-likeness (QED) is 0.406. The Morgan fingerprint density at radius 1 is 1.03 bits per heavy atom. The summed E-state index contributed by atoms with van der Waals surface area (Å²) in [7, 11) is 0. The van der Waals surface area contributed by atoms with Crippen molar-refractivity contribution in [3.05, 3.63) is 59.7 Å². The van der Waals surface area contributed by atoms with Gasteiger partial charge in [-0.2, -0.15) is 0 Å². The molecular formula is C22H22N6OS2. The van der Waals surface area contributed by atoms with Gasteiger partial charge in [-0.25, -0.2) is 0 Å². The Bertz CT molecular complexity index is 1200. The van der Waals surface area contributed by atoms with Crippen molar-refractivity contribution in [1.29, 1.82) is 0 Å². The Morgan fingerprint density at radius 3 is 2.55 bits per heavy atom. The van der Waals surface area contributed by atoms with Crippen LogP contribution in [0, 0.1) is 13.8 Å². The number of nitrogens with one attached hydrogen (secondary N) is 1. The van der Waals surface area contributed by atoms with Crippen LogP contribution in [0.2, 0.25) is 0 Å². The van der Waals surface area contributed by atoms with E-state index in [2.05, 4.69) is 38.7 Å². The molecule has 2 heterocycles. The molecule has 9 heteroatoms. The van der Waals surface area contributed by atoms with Gasteiger partial charge >= 0.3 is 0 Å².